The Balaban J connectivity index is 1.49. The summed E-state index contributed by atoms with van der Waals surface area (Å²) < 4.78 is 11.3. The van der Waals surface area contributed by atoms with Gasteiger partial charge in [-0.1, -0.05) is 26.0 Å². The van der Waals surface area contributed by atoms with Crippen LogP contribution < -0.4 is 4.74 Å². The van der Waals surface area contributed by atoms with E-state index in [4.69, 9.17) is 9.47 Å². The number of Topliss-reactive ketones (excluding diaryl/α,β-unsaturated/α-hetero) is 2. The fourth-order valence-electron chi connectivity index (χ4n) is 5.26. The van der Waals surface area contributed by atoms with Crippen LogP contribution in [-0.2, 0) is 9.53 Å². The fraction of sp³-hybridized carbons (Fsp3) is 0.655. The zero-order valence-electron chi connectivity index (χ0n) is 23.2. The van der Waals surface area contributed by atoms with E-state index in [0.29, 0.717) is 43.6 Å². The van der Waals surface area contributed by atoms with Crippen LogP contribution >= 0.6 is 0 Å². The number of likely N-dealkylation sites (tertiary alicyclic amines) is 2. The van der Waals surface area contributed by atoms with Crippen LogP contribution in [-0.4, -0.2) is 71.8 Å². The van der Waals surface area contributed by atoms with Gasteiger partial charge in [-0.25, -0.2) is 4.79 Å². The molecule has 8 heteroatoms. The van der Waals surface area contributed by atoms with Gasteiger partial charge >= 0.3 is 6.09 Å². The third kappa shape index (κ3) is 7.55. The topological polar surface area (TPSA) is 93.2 Å². The Hall–Kier alpha value is -2.90. The Bertz CT molecular complexity index is 996. The van der Waals surface area contributed by atoms with E-state index in [1.165, 1.54) is 6.92 Å². The van der Waals surface area contributed by atoms with E-state index in [0.717, 1.165) is 25.7 Å². The normalized spacial score (nSPS) is 17.6. The lowest BCUT2D eigenvalue weighted by Gasteiger charge is -2.40. The molecule has 1 aromatic carbocycles. The van der Waals surface area contributed by atoms with Crippen LogP contribution in [0.5, 0.6) is 5.75 Å². The molecule has 0 spiro atoms. The van der Waals surface area contributed by atoms with Gasteiger partial charge in [-0.3, -0.25) is 14.4 Å². The highest BCUT2D eigenvalue weighted by atomic mass is 16.6. The van der Waals surface area contributed by atoms with Crippen molar-refractivity contribution in [1.29, 1.82) is 0 Å². The molecule has 1 aromatic rings. The molecular formula is C29H42N2O6. The molecule has 0 saturated carbocycles. The van der Waals surface area contributed by atoms with Gasteiger partial charge in [0, 0.05) is 37.7 Å². The smallest absolute Gasteiger partial charge is 0.410 e. The highest BCUT2D eigenvalue weighted by Gasteiger charge is 2.33. The van der Waals surface area contributed by atoms with E-state index in [1.807, 2.05) is 25.7 Å². The van der Waals surface area contributed by atoms with Crippen molar-refractivity contribution in [3.63, 3.8) is 0 Å². The molecule has 2 heterocycles. The Morgan fingerprint density at radius 2 is 1.46 bits per heavy atom. The van der Waals surface area contributed by atoms with Crippen molar-refractivity contribution >= 4 is 23.6 Å². The number of carbonyl (C=O) groups excluding carboxylic acids is 4. The third-order valence-electron chi connectivity index (χ3n) is 7.27. The van der Waals surface area contributed by atoms with Gasteiger partial charge in [-0.2, -0.15) is 0 Å². The van der Waals surface area contributed by atoms with Gasteiger partial charge in [0.05, 0.1) is 5.56 Å². The number of amides is 2. The highest BCUT2D eigenvalue weighted by Crippen LogP contribution is 2.33. The largest absolute Gasteiger partial charge is 0.483 e. The molecule has 0 aliphatic carbocycles. The Kier molecular flexibility index (Phi) is 9.37. The minimum Gasteiger partial charge on any atom is -0.483 e. The second-order valence-electron chi connectivity index (χ2n) is 11.6. The molecule has 0 atom stereocenters. The minimum absolute atomic E-state index is 0.117. The number of piperidine rings is 2. The van der Waals surface area contributed by atoms with E-state index in [1.54, 1.807) is 36.9 Å². The van der Waals surface area contributed by atoms with Gasteiger partial charge in [0.25, 0.3) is 5.91 Å². The van der Waals surface area contributed by atoms with Crippen LogP contribution in [0.1, 0.15) is 87.9 Å². The highest BCUT2D eigenvalue weighted by molar-refractivity contribution is 6.10. The number of hydrogen-bond donors (Lipinski definition) is 0. The molecule has 2 aliphatic rings. The van der Waals surface area contributed by atoms with Crippen molar-refractivity contribution in [2.75, 3.05) is 32.8 Å². The number of hydrogen-bond acceptors (Lipinski definition) is 6. The zero-order chi connectivity index (χ0) is 27.3. The van der Waals surface area contributed by atoms with Crippen molar-refractivity contribution in [3.8, 4) is 5.75 Å². The molecule has 204 valence electrons. The summed E-state index contributed by atoms with van der Waals surface area (Å²) in [6.07, 6.45) is 3.54. The fourth-order valence-corrected chi connectivity index (χ4v) is 5.26. The van der Waals surface area contributed by atoms with Gasteiger partial charge in [0.15, 0.2) is 18.2 Å². The van der Waals surface area contributed by atoms with Crippen molar-refractivity contribution < 1.29 is 28.7 Å². The molecule has 2 amide bonds. The summed E-state index contributed by atoms with van der Waals surface area (Å²) >= 11 is 0. The molecule has 8 nitrogen and oxygen atoms in total. The summed E-state index contributed by atoms with van der Waals surface area (Å²) in [6.45, 7) is 13.2. The first-order chi connectivity index (χ1) is 17.4. The van der Waals surface area contributed by atoms with E-state index in [-0.39, 0.29) is 47.4 Å². The monoisotopic (exact) mass is 514 g/mol. The number of nitrogens with zero attached hydrogens (tertiary/aromatic N) is 2. The number of benzene rings is 1. The lowest BCUT2D eigenvalue weighted by atomic mass is 9.79. The maximum absolute atomic E-state index is 12.9. The number of ketones is 2. The first-order valence-electron chi connectivity index (χ1n) is 13.4. The third-order valence-corrected chi connectivity index (χ3v) is 7.27. The molecule has 0 bridgehead atoms. The summed E-state index contributed by atoms with van der Waals surface area (Å²) in [5.41, 5.74) is 0.0929. The first-order valence-corrected chi connectivity index (χ1v) is 13.4. The van der Waals surface area contributed by atoms with Crippen LogP contribution in [0, 0.1) is 17.8 Å². The molecular weight excluding hydrogens is 472 g/mol. The van der Waals surface area contributed by atoms with Gasteiger partial charge in [-0.05, 0) is 71.3 Å². The van der Waals surface area contributed by atoms with Gasteiger partial charge in [0.1, 0.15) is 11.4 Å². The quantitative estimate of drug-likeness (QED) is 0.476. The Morgan fingerprint density at radius 1 is 0.919 bits per heavy atom. The van der Waals surface area contributed by atoms with Crippen LogP contribution in [0.15, 0.2) is 18.2 Å². The molecule has 2 fully saturated rings. The maximum atomic E-state index is 12.9. The molecule has 0 unspecified atom stereocenters. The van der Waals surface area contributed by atoms with Gasteiger partial charge < -0.3 is 19.3 Å². The first kappa shape index (κ1) is 28.7. The molecule has 3 rings (SSSR count). The predicted molar refractivity (Wildman–Crippen MR) is 141 cm³/mol. The summed E-state index contributed by atoms with van der Waals surface area (Å²) in [7, 11) is 0. The number of carbonyl (C=O) groups is 4. The maximum Gasteiger partial charge on any atom is 0.410 e. The van der Waals surface area contributed by atoms with Gasteiger partial charge in [0.2, 0.25) is 0 Å². The second-order valence-corrected chi connectivity index (χ2v) is 11.6. The molecule has 2 saturated heterocycles. The summed E-state index contributed by atoms with van der Waals surface area (Å²) in [4.78, 5) is 53.7. The van der Waals surface area contributed by atoms with Crippen molar-refractivity contribution in [2.24, 2.45) is 17.8 Å². The molecule has 37 heavy (non-hydrogen) atoms. The summed E-state index contributed by atoms with van der Waals surface area (Å²) in [6, 6.07) is 4.95. The van der Waals surface area contributed by atoms with E-state index in [2.05, 4.69) is 0 Å². The SMILES string of the molecule is CC(=O)c1c(OCC(=O)N2CCC(C3CCN(C(=O)OC(C)(C)C)CC3)CC2)cccc1C(=O)C(C)C. The van der Waals surface area contributed by atoms with Crippen molar-refractivity contribution in [3.05, 3.63) is 29.3 Å². The number of rotatable bonds is 7. The van der Waals surface area contributed by atoms with Crippen LogP contribution in [0.4, 0.5) is 4.79 Å². The lowest BCUT2D eigenvalue weighted by molar-refractivity contribution is -0.135. The molecule has 2 aliphatic heterocycles. The van der Waals surface area contributed by atoms with Crippen LogP contribution in [0.25, 0.3) is 0 Å². The van der Waals surface area contributed by atoms with E-state index in [9.17, 15) is 19.2 Å². The van der Waals surface area contributed by atoms with Crippen LogP contribution in [0.3, 0.4) is 0 Å². The standard InChI is InChI=1S/C29H42N2O6/c1-19(2)27(34)23-8-7-9-24(26(23)20(3)32)36-18-25(33)30-14-10-21(11-15-30)22-12-16-31(17-13-22)28(35)37-29(4,5)6/h7-9,19,21-22H,10-18H2,1-6H3. The second kappa shape index (κ2) is 12.1. The molecule has 0 radical (unpaired) electrons. The van der Waals surface area contributed by atoms with E-state index < -0.39 is 5.60 Å². The summed E-state index contributed by atoms with van der Waals surface area (Å²) in [5, 5.41) is 0. The average Bonchev–Trinajstić information content (AvgIpc) is 2.85. The van der Waals surface area contributed by atoms with Gasteiger partial charge in [-0.15, -0.1) is 0 Å². The van der Waals surface area contributed by atoms with Crippen molar-refractivity contribution in [1.82, 2.24) is 9.80 Å². The summed E-state index contributed by atoms with van der Waals surface area (Å²) in [5.74, 6) is 0.611. The molecule has 0 N–H and O–H groups in total. The minimum atomic E-state index is -0.487. The number of ether oxygens (including phenoxy) is 2. The Labute approximate surface area is 220 Å². The average molecular weight is 515 g/mol. The van der Waals surface area contributed by atoms with Crippen molar-refractivity contribution in [2.45, 2.75) is 72.8 Å². The zero-order valence-corrected chi connectivity index (χ0v) is 23.2. The molecule has 0 aromatic heterocycles. The predicted octanol–water partition coefficient (Wildman–Crippen LogP) is 4.99. The van der Waals surface area contributed by atoms with Crippen LogP contribution in [0.2, 0.25) is 0 Å². The van der Waals surface area contributed by atoms with E-state index >= 15 is 0 Å². The lowest BCUT2D eigenvalue weighted by Crippen LogP contribution is -2.46. The Morgan fingerprint density at radius 3 is 1.95 bits per heavy atom.